The third-order valence-electron chi connectivity index (χ3n) is 4.26. The molecule has 0 fully saturated rings. The van der Waals surface area contributed by atoms with Gasteiger partial charge in [-0.2, -0.15) is 0 Å². The van der Waals surface area contributed by atoms with Crippen LogP contribution in [0.1, 0.15) is 6.92 Å². The molecule has 1 aliphatic heterocycles. The van der Waals surface area contributed by atoms with E-state index in [2.05, 4.69) is 5.32 Å². The van der Waals surface area contributed by atoms with Crippen LogP contribution in [0.25, 0.3) is 0 Å². The Morgan fingerprint density at radius 1 is 1.18 bits per heavy atom. The third kappa shape index (κ3) is 3.68. The van der Waals surface area contributed by atoms with Crippen molar-refractivity contribution in [2.45, 2.75) is 13.0 Å². The summed E-state index contributed by atoms with van der Waals surface area (Å²) in [5, 5.41) is 2.63. The second-order valence-electron chi connectivity index (χ2n) is 6.32. The van der Waals surface area contributed by atoms with Gasteiger partial charge in [-0.15, -0.1) is 0 Å². The molecule has 1 unspecified atom stereocenters. The number of amides is 2. The van der Waals surface area contributed by atoms with Gasteiger partial charge in [-0.05, 0) is 31.2 Å². The molecule has 28 heavy (non-hydrogen) atoms. The second kappa shape index (κ2) is 7.19. The zero-order chi connectivity index (χ0) is 20.6. The quantitative estimate of drug-likeness (QED) is 0.838. The molecule has 0 aromatic heterocycles. The van der Waals surface area contributed by atoms with E-state index in [-0.39, 0.29) is 12.2 Å². The SMILES string of the molecule is CC(C(=O)N1CC(=O)Nc2ccccc21)N(c1ccc(F)c(F)c1)S(C)(=O)=O. The van der Waals surface area contributed by atoms with E-state index < -0.39 is 39.5 Å². The molecule has 2 aromatic carbocycles. The zero-order valence-electron chi connectivity index (χ0n) is 15.0. The lowest BCUT2D eigenvalue weighted by molar-refractivity contribution is -0.122. The highest BCUT2D eigenvalue weighted by Gasteiger charge is 2.36. The maximum Gasteiger partial charge on any atom is 0.251 e. The fourth-order valence-corrected chi connectivity index (χ4v) is 4.24. The van der Waals surface area contributed by atoms with Crippen LogP contribution in [0.2, 0.25) is 0 Å². The molecule has 0 spiro atoms. The number of sulfonamides is 1. The molecular formula is C18H17F2N3O4S. The maximum atomic E-state index is 13.7. The first-order valence-electron chi connectivity index (χ1n) is 8.24. The van der Waals surface area contributed by atoms with Crippen molar-refractivity contribution in [2.24, 2.45) is 0 Å². The molecular weight excluding hydrogens is 392 g/mol. The number of carbonyl (C=O) groups is 2. The zero-order valence-corrected chi connectivity index (χ0v) is 15.8. The summed E-state index contributed by atoms with van der Waals surface area (Å²) in [7, 11) is -4.03. The number of nitrogens with one attached hydrogen (secondary N) is 1. The van der Waals surface area contributed by atoms with Crippen LogP contribution in [-0.4, -0.2) is 39.1 Å². The second-order valence-corrected chi connectivity index (χ2v) is 8.18. The standard InChI is InChI=1S/C18H17F2N3O4S/c1-11(23(28(2,26)27)12-7-8-13(19)14(20)9-12)18(25)22-10-17(24)21-15-5-3-4-6-16(15)22/h3-9,11H,10H2,1-2H3,(H,21,24). The van der Waals surface area contributed by atoms with Gasteiger partial charge in [-0.1, -0.05) is 12.1 Å². The van der Waals surface area contributed by atoms with Crippen molar-refractivity contribution in [1.82, 2.24) is 0 Å². The molecule has 148 valence electrons. The van der Waals surface area contributed by atoms with E-state index in [0.717, 1.165) is 23.3 Å². The number of hydrogen-bond acceptors (Lipinski definition) is 4. The van der Waals surface area contributed by atoms with Crippen molar-refractivity contribution < 1.29 is 26.8 Å². The van der Waals surface area contributed by atoms with Gasteiger partial charge in [0.2, 0.25) is 15.9 Å². The summed E-state index contributed by atoms with van der Waals surface area (Å²) in [5.41, 5.74) is 0.632. The maximum absolute atomic E-state index is 13.7. The first kappa shape index (κ1) is 19.7. The lowest BCUT2D eigenvalue weighted by Crippen LogP contribution is -2.52. The van der Waals surface area contributed by atoms with Crippen LogP contribution in [0.4, 0.5) is 25.8 Å². The van der Waals surface area contributed by atoms with Crippen LogP contribution < -0.4 is 14.5 Å². The summed E-state index contributed by atoms with van der Waals surface area (Å²) >= 11 is 0. The minimum atomic E-state index is -4.03. The number of nitrogens with zero attached hydrogens (tertiary/aromatic N) is 2. The molecule has 1 N–H and O–H groups in total. The monoisotopic (exact) mass is 409 g/mol. The molecule has 0 saturated carbocycles. The lowest BCUT2D eigenvalue weighted by Gasteiger charge is -2.35. The number of para-hydroxylation sites is 2. The van der Waals surface area contributed by atoms with Gasteiger partial charge in [0.15, 0.2) is 11.6 Å². The summed E-state index contributed by atoms with van der Waals surface area (Å²) in [6, 6.07) is 7.83. The number of hydrogen-bond donors (Lipinski definition) is 1. The number of halogens is 2. The smallest absolute Gasteiger partial charge is 0.251 e. The van der Waals surface area contributed by atoms with Crippen molar-refractivity contribution >= 4 is 38.9 Å². The van der Waals surface area contributed by atoms with E-state index in [1.54, 1.807) is 24.3 Å². The summed E-state index contributed by atoms with van der Waals surface area (Å²) < 4.78 is 52.3. The Morgan fingerprint density at radius 2 is 1.86 bits per heavy atom. The topological polar surface area (TPSA) is 86.8 Å². The highest BCUT2D eigenvalue weighted by Crippen LogP contribution is 2.31. The third-order valence-corrected chi connectivity index (χ3v) is 5.50. The minimum Gasteiger partial charge on any atom is -0.323 e. The molecule has 10 heteroatoms. The molecule has 0 aliphatic carbocycles. The summed E-state index contributed by atoms with van der Waals surface area (Å²) in [5.74, 6) is -3.50. The summed E-state index contributed by atoms with van der Waals surface area (Å²) in [6.45, 7) is 1.02. The summed E-state index contributed by atoms with van der Waals surface area (Å²) in [6.07, 6.45) is 0.856. The Hall–Kier alpha value is -3.01. The molecule has 0 bridgehead atoms. The van der Waals surface area contributed by atoms with E-state index >= 15 is 0 Å². The van der Waals surface area contributed by atoms with Gasteiger partial charge in [0.25, 0.3) is 5.91 Å². The van der Waals surface area contributed by atoms with Crippen molar-refractivity contribution in [1.29, 1.82) is 0 Å². The van der Waals surface area contributed by atoms with E-state index in [0.29, 0.717) is 21.7 Å². The summed E-state index contributed by atoms with van der Waals surface area (Å²) in [4.78, 5) is 26.2. The molecule has 3 rings (SSSR count). The molecule has 7 nitrogen and oxygen atoms in total. The van der Waals surface area contributed by atoms with Crippen LogP contribution >= 0.6 is 0 Å². The molecule has 0 saturated heterocycles. The average Bonchev–Trinajstić information content (AvgIpc) is 2.62. The highest BCUT2D eigenvalue weighted by molar-refractivity contribution is 7.92. The van der Waals surface area contributed by atoms with Gasteiger partial charge >= 0.3 is 0 Å². The Morgan fingerprint density at radius 3 is 2.50 bits per heavy atom. The molecule has 1 heterocycles. The molecule has 1 aliphatic rings. The van der Waals surface area contributed by atoms with Crippen LogP contribution in [0, 0.1) is 11.6 Å². The highest BCUT2D eigenvalue weighted by atomic mass is 32.2. The van der Waals surface area contributed by atoms with Gasteiger partial charge in [0, 0.05) is 6.07 Å². The normalized spacial score (nSPS) is 14.9. The van der Waals surface area contributed by atoms with Crippen LogP contribution in [0.15, 0.2) is 42.5 Å². The first-order valence-corrected chi connectivity index (χ1v) is 10.1. The molecule has 2 amide bonds. The Bertz CT molecular complexity index is 1060. The fourth-order valence-electron chi connectivity index (χ4n) is 3.08. The Kier molecular flexibility index (Phi) is 5.07. The molecule has 0 radical (unpaired) electrons. The number of carbonyl (C=O) groups excluding carboxylic acids is 2. The predicted molar refractivity (Wildman–Crippen MR) is 101 cm³/mol. The van der Waals surface area contributed by atoms with Crippen molar-refractivity contribution in [3.63, 3.8) is 0 Å². The van der Waals surface area contributed by atoms with Crippen LogP contribution in [0.5, 0.6) is 0 Å². The fraction of sp³-hybridized carbons (Fsp3) is 0.222. The predicted octanol–water partition coefficient (Wildman–Crippen LogP) is 2.10. The lowest BCUT2D eigenvalue weighted by atomic mass is 10.1. The van der Waals surface area contributed by atoms with E-state index in [9.17, 15) is 26.8 Å². The number of anilines is 3. The van der Waals surface area contributed by atoms with E-state index in [1.807, 2.05) is 0 Å². The average molecular weight is 409 g/mol. The minimum absolute atomic E-state index is 0.197. The van der Waals surface area contributed by atoms with Gasteiger partial charge < -0.3 is 5.32 Å². The number of fused-ring (bicyclic) bond motifs is 1. The van der Waals surface area contributed by atoms with Crippen molar-refractivity contribution in [2.75, 3.05) is 27.3 Å². The largest absolute Gasteiger partial charge is 0.323 e. The number of rotatable bonds is 4. The van der Waals surface area contributed by atoms with E-state index in [4.69, 9.17) is 0 Å². The van der Waals surface area contributed by atoms with Gasteiger partial charge in [-0.3, -0.25) is 18.8 Å². The van der Waals surface area contributed by atoms with Crippen molar-refractivity contribution in [3.05, 3.63) is 54.1 Å². The Labute approximate surface area is 160 Å². The molecule has 2 aromatic rings. The first-order chi connectivity index (χ1) is 13.1. The van der Waals surface area contributed by atoms with E-state index in [1.165, 1.54) is 6.92 Å². The van der Waals surface area contributed by atoms with Gasteiger partial charge in [-0.25, -0.2) is 17.2 Å². The van der Waals surface area contributed by atoms with Gasteiger partial charge in [0.05, 0.1) is 23.3 Å². The van der Waals surface area contributed by atoms with Crippen LogP contribution in [-0.2, 0) is 19.6 Å². The molecule has 1 atom stereocenters. The van der Waals surface area contributed by atoms with Crippen molar-refractivity contribution in [3.8, 4) is 0 Å². The Balaban J connectivity index is 2.02. The van der Waals surface area contributed by atoms with Crippen LogP contribution in [0.3, 0.4) is 0 Å². The number of benzene rings is 2. The van der Waals surface area contributed by atoms with Gasteiger partial charge in [0.1, 0.15) is 12.6 Å².